The molecule has 150 valence electrons. The van der Waals surface area contributed by atoms with E-state index in [0.29, 0.717) is 17.2 Å². The SMILES string of the molecule is Cc1ccc(-c2cc(N)c(=O)n([C@@H](C)C(=O)NCc3ccc4c(c3)OCO4)n2)s1. The van der Waals surface area contributed by atoms with Crippen LogP contribution in [0.3, 0.4) is 0 Å². The average Bonchev–Trinajstić information content (AvgIpc) is 3.35. The highest BCUT2D eigenvalue weighted by Crippen LogP contribution is 2.32. The molecule has 1 aliphatic rings. The molecule has 0 spiro atoms. The van der Waals surface area contributed by atoms with E-state index in [-0.39, 0.29) is 24.9 Å². The largest absolute Gasteiger partial charge is 0.454 e. The van der Waals surface area contributed by atoms with Crippen molar-refractivity contribution in [1.29, 1.82) is 0 Å². The molecule has 3 N–H and O–H groups in total. The Hall–Kier alpha value is -3.33. The zero-order valence-corrected chi connectivity index (χ0v) is 16.8. The number of thiophene rings is 1. The van der Waals surface area contributed by atoms with Crippen LogP contribution in [0, 0.1) is 6.92 Å². The number of aromatic nitrogens is 2. The molecule has 3 heterocycles. The van der Waals surface area contributed by atoms with Crippen molar-refractivity contribution in [2.75, 3.05) is 12.5 Å². The second-order valence-electron chi connectivity index (χ2n) is 6.73. The maximum atomic E-state index is 12.7. The maximum absolute atomic E-state index is 12.7. The van der Waals surface area contributed by atoms with E-state index in [4.69, 9.17) is 15.2 Å². The number of anilines is 1. The highest BCUT2D eigenvalue weighted by atomic mass is 32.1. The molecule has 4 rings (SSSR count). The molecule has 1 aromatic carbocycles. The molecule has 29 heavy (non-hydrogen) atoms. The number of nitrogens with one attached hydrogen (secondary N) is 1. The van der Waals surface area contributed by atoms with E-state index in [0.717, 1.165) is 20.0 Å². The smallest absolute Gasteiger partial charge is 0.290 e. The van der Waals surface area contributed by atoms with Crippen LogP contribution in [0.1, 0.15) is 23.4 Å². The molecular weight excluding hydrogens is 392 g/mol. The molecule has 0 unspecified atom stereocenters. The Morgan fingerprint density at radius 1 is 1.28 bits per heavy atom. The number of aryl methyl sites for hydroxylation is 1. The molecule has 3 aromatic rings. The van der Waals surface area contributed by atoms with Gasteiger partial charge in [0.05, 0.1) is 4.88 Å². The van der Waals surface area contributed by atoms with Gasteiger partial charge in [-0.15, -0.1) is 11.3 Å². The van der Waals surface area contributed by atoms with Gasteiger partial charge in [0, 0.05) is 11.4 Å². The van der Waals surface area contributed by atoms with Gasteiger partial charge in [-0.25, -0.2) is 4.68 Å². The Morgan fingerprint density at radius 2 is 2.07 bits per heavy atom. The highest BCUT2D eigenvalue weighted by molar-refractivity contribution is 7.15. The van der Waals surface area contributed by atoms with Crippen molar-refractivity contribution in [2.24, 2.45) is 0 Å². The lowest BCUT2D eigenvalue weighted by Gasteiger charge is -2.15. The number of benzene rings is 1. The predicted octanol–water partition coefficient (Wildman–Crippen LogP) is 2.47. The van der Waals surface area contributed by atoms with Crippen LogP contribution in [0.5, 0.6) is 11.5 Å². The van der Waals surface area contributed by atoms with Crippen molar-refractivity contribution in [1.82, 2.24) is 15.1 Å². The lowest BCUT2D eigenvalue weighted by molar-refractivity contribution is -0.124. The van der Waals surface area contributed by atoms with Gasteiger partial charge in [-0.05, 0) is 49.7 Å². The summed E-state index contributed by atoms with van der Waals surface area (Å²) < 4.78 is 11.8. The first kappa shape index (κ1) is 19.0. The lowest BCUT2D eigenvalue weighted by Crippen LogP contribution is -2.37. The highest BCUT2D eigenvalue weighted by Gasteiger charge is 2.20. The van der Waals surface area contributed by atoms with E-state index >= 15 is 0 Å². The number of nitrogen functional groups attached to an aromatic ring is 1. The van der Waals surface area contributed by atoms with Gasteiger partial charge in [-0.1, -0.05) is 6.07 Å². The maximum Gasteiger partial charge on any atom is 0.290 e. The molecule has 0 saturated carbocycles. The number of nitrogens with two attached hydrogens (primary N) is 1. The van der Waals surface area contributed by atoms with Crippen LogP contribution in [0.4, 0.5) is 5.69 Å². The van der Waals surface area contributed by atoms with Crippen molar-refractivity contribution in [2.45, 2.75) is 26.4 Å². The standard InChI is InChI=1S/C20H20N4O4S/c1-11-3-6-18(29-11)15-8-14(21)20(26)24(23-15)12(2)19(25)22-9-13-4-5-16-17(7-13)28-10-27-16/h3-8,12H,9-10,21H2,1-2H3,(H,22,25)/t12-/m0/s1. The van der Waals surface area contributed by atoms with Crippen molar-refractivity contribution >= 4 is 22.9 Å². The van der Waals surface area contributed by atoms with Gasteiger partial charge in [-0.2, -0.15) is 5.10 Å². The van der Waals surface area contributed by atoms with E-state index < -0.39 is 11.6 Å². The molecule has 9 heteroatoms. The van der Waals surface area contributed by atoms with Crippen LogP contribution >= 0.6 is 11.3 Å². The first-order chi connectivity index (χ1) is 13.9. The summed E-state index contributed by atoms with van der Waals surface area (Å²) in [4.78, 5) is 27.1. The summed E-state index contributed by atoms with van der Waals surface area (Å²) in [6.07, 6.45) is 0. The normalized spacial score (nSPS) is 13.3. The number of nitrogens with zero attached hydrogens (tertiary/aromatic N) is 2. The summed E-state index contributed by atoms with van der Waals surface area (Å²) in [7, 11) is 0. The number of hydrogen-bond acceptors (Lipinski definition) is 7. The molecule has 1 aliphatic heterocycles. The molecule has 0 radical (unpaired) electrons. The minimum atomic E-state index is -0.820. The fourth-order valence-corrected chi connectivity index (χ4v) is 3.81. The number of carbonyl (C=O) groups excluding carboxylic acids is 1. The van der Waals surface area contributed by atoms with Crippen molar-refractivity contribution in [3.05, 3.63) is 57.2 Å². The van der Waals surface area contributed by atoms with Crippen molar-refractivity contribution in [3.8, 4) is 22.1 Å². The molecule has 2 aromatic heterocycles. The third-order valence-electron chi connectivity index (χ3n) is 4.61. The Labute approximate surface area is 170 Å². The van der Waals surface area contributed by atoms with Crippen molar-refractivity contribution in [3.63, 3.8) is 0 Å². The molecule has 8 nitrogen and oxygen atoms in total. The van der Waals surface area contributed by atoms with Crippen LogP contribution in [-0.2, 0) is 11.3 Å². The number of amides is 1. The summed E-state index contributed by atoms with van der Waals surface area (Å²) >= 11 is 1.55. The quantitative estimate of drug-likeness (QED) is 0.666. The van der Waals surface area contributed by atoms with Gasteiger partial charge >= 0.3 is 0 Å². The van der Waals surface area contributed by atoms with E-state index in [2.05, 4.69) is 10.4 Å². The minimum absolute atomic E-state index is 0.0523. The van der Waals surface area contributed by atoms with Gasteiger partial charge in [0.15, 0.2) is 11.5 Å². The van der Waals surface area contributed by atoms with Gasteiger partial charge in [0.2, 0.25) is 12.7 Å². The summed E-state index contributed by atoms with van der Waals surface area (Å²) in [6.45, 7) is 4.08. The number of rotatable bonds is 5. The molecule has 1 amide bonds. The minimum Gasteiger partial charge on any atom is -0.454 e. The molecule has 0 bridgehead atoms. The summed E-state index contributed by atoms with van der Waals surface area (Å²) in [5, 5.41) is 7.20. The van der Waals surface area contributed by atoms with Gasteiger partial charge in [-0.3, -0.25) is 9.59 Å². The Balaban J connectivity index is 1.52. The predicted molar refractivity (Wildman–Crippen MR) is 110 cm³/mol. The molecule has 0 fully saturated rings. The van der Waals surface area contributed by atoms with E-state index in [1.165, 1.54) is 0 Å². The lowest BCUT2D eigenvalue weighted by atomic mass is 10.2. The van der Waals surface area contributed by atoms with Crippen LogP contribution in [0.2, 0.25) is 0 Å². The van der Waals surface area contributed by atoms with Gasteiger partial charge in [0.1, 0.15) is 17.4 Å². The second kappa shape index (κ2) is 7.59. The molecular formula is C20H20N4O4S. The number of hydrogen-bond donors (Lipinski definition) is 2. The summed E-state index contributed by atoms with van der Waals surface area (Å²) in [5.74, 6) is 0.992. The van der Waals surface area contributed by atoms with Crippen LogP contribution in [-0.4, -0.2) is 22.5 Å². The van der Waals surface area contributed by atoms with Crippen LogP contribution < -0.4 is 26.1 Å². The zero-order chi connectivity index (χ0) is 20.5. The first-order valence-electron chi connectivity index (χ1n) is 9.05. The third kappa shape index (κ3) is 3.81. The van der Waals surface area contributed by atoms with Gasteiger partial charge in [0.25, 0.3) is 5.56 Å². The Kier molecular flexibility index (Phi) is 4.98. The van der Waals surface area contributed by atoms with E-state index in [1.54, 1.807) is 30.4 Å². The fraction of sp³-hybridized carbons (Fsp3) is 0.250. The van der Waals surface area contributed by atoms with Gasteiger partial charge < -0.3 is 20.5 Å². The molecule has 1 atom stereocenters. The third-order valence-corrected chi connectivity index (χ3v) is 5.63. The topological polar surface area (TPSA) is 108 Å². The van der Waals surface area contributed by atoms with E-state index in [1.807, 2.05) is 31.2 Å². The number of carbonyl (C=O) groups is 1. The second-order valence-corrected chi connectivity index (χ2v) is 8.01. The average molecular weight is 412 g/mol. The Bertz CT molecular complexity index is 1140. The molecule has 0 saturated heterocycles. The first-order valence-corrected chi connectivity index (χ1v) is 9.86. The number of ether oxygens (including phenoxy) is 2. The summed E-state index contributed by atoms with van der Waals surface area (Å²) in [6, 6.07) is 10.1. The number of fused-ring (bicyclic) bond motifs is 1. The fourth-order valence-electron chi connectivity index (χ4n) is 2.99. The Morgan fingerprint density at radius 3 is 2.83 bits per heavy atom. The van der Waals surface area contributed by atoms with Crippen LogP contribution in [0.15, 0.2) is 41.2 Å². The van der Waals surface area contributed by atoms with E-state index in [9.17, 15) is 9.59 Å². The zero-order valence-electron chi connectivity index (χ0n) is 16.0. The van der Waals surface area contributed by atoms with Crippen LogP contribution in [0.25, 0.3) is 10.6 Å². The van der Waals surface area contributed by atoms with Crippen molar-refractivity contribution < 1.29 is 14.3 Å². The monoisotopic (exact) mass is 412 g/mol. The summed E-state index contributed by atoms with van der Waals surface area (Å²) in [5.41, 5.74) is 6.88. The molecule has 0 aliphatic carbocycles.